The molecule has 1 aromatic carbocycles. The van der Waals surface area contributed by atoms with Crippen molar-refractivity contribution in [3.63, 3.8) is 0 Å². The van der Waals surface area contributed by atoms with Gasteiger partial charge in [0, 0.05) is 23.2 Å². The Kier molecular flexibility index (Phi) is 4.61. The van der Waals surface area contributed by atoms with Gasteiger partial charge in [-0.2, -0.15) is 0 Å². The van der Waals surface area contributed by atoms with Gasteiger partial charge in [0.2, 0.25) is 0 Å². The lowest BCUT2D eigenvalue weighted by atomic mass is 9.76. The molecule has 2 aliphatic rings. The van der Waals surface area contributed by atoms with Gasteiger partial charge in [0.1, 0.15) is 5.60 Å². The minimum absolute atomic E-state index is 0.148. The molecule has 1 amide bonds. The molecule has 0 aromatic heterocycles. The Morgan fingerprint density at radius 1 is 1.35 bits per heavy atom. The third-order valence-electron chi connectivity index (χ3n) is 4.46. The van der Waals surface area contributed by atoms with Crippen LogP contribution in [0.25, 0.3) is 0 Å². The standard InChI is InChI=1S/C18H26N2O2S/c1-17(2,3)22-16(21)20-18(9-6-10-18)12-19-14-11-23-15-8-5-4-7-13(14)15/h4-5,7-8,14,19H,6,9-12H2,1-3H3,(H,20,21). The van der Waals surface area contributed by atoms with Crippen molar-refractivity contribution in [2.45, 2.75) is 62.1 Å². The van der Waals surface area contributed by atoms with Crippen molar-refractivity contribution >= 4 is 17.9 Å². The maximum absolute atomic E-state index is 12.1. The van der Waals surface area contributed by atoms with Crippen LogP contribution in [0, 0.1) is 0 Å². The SMILES string of the molecule is CC(C)(C)OC(=O)NC1(CNC2CSc3ccccc32)CCC1. The van der Waals surface area contributed by atoms with Crippen LogP contribution in [0.5, 0.6) is 0 Å². The number of carbonyl (C=O) groups excluding carboxylic acids is 1. The number of alkyl carbamates (subject to hydrolysis) is 1. The van der Waals surface area contributed by atoms with E-state index in [1.54, 1.807) is 0 Å². The molecule has 0 bridgehead atoms. The number of rotatable bonds is 4. The molecule has 0 saturated heterocycles. The highest BCUT2D eigenvalue weighted by Crippen LogP contribution is 2.39. The summed E-state index contributed by atoms with van der Waals surface area (Å²) in [6.07, 6.45) is 2.88. The van der Waals surface area contributed by atoms with Gasteiger partial charge in [-0.05, 0) is 51.7 Å². The molecule has 1 aromatic rings. The number of hydrogen-bond donors (Lipinski definition) is 2. The first kappa shape index (κ1) is 16.7. The summed E-state index contributed by atoms with van der Waals surface area (Å²) < 4.78 is 5.42. The minimum Gasteiger partial charge on any atom is -0.444 e. The highest BCUT2D eigenvalue weighted by molar-refractivity contribution is 7.99. The molecule has 1 heterocycles. The third-order valence-corrected chi connectivity index (χ3v) is 5.65. The summed E-state index contributed by atoms with van der Waals surface area (Å²) in [6.45, 7) is 6.48. The normalized spacial score (nSPS) is 22.1. The van der Waals surface area contributed by atoms with Gasteiger partial charge in [-0.1, -0.05) is 18.2 Å². The zero-order chi connectivity index (χ0) is 16.5. The third kappa shape index (κ3) is 4.01. The van der Waals surface area contributed by atoms with Gasteiger partial charge in [0.25, 0.3) is 0 Å². The average molecular weight is 334 g/mol. The Balaban J connectivity index is 1.57. The van der Waals surface area contributed by atoms with E-state index in [1.165, 1.54) is 10.5 Å². The van der Waals surface area contributed by atoms with Crippen molar-refractivity contribution in [2.75, 3.05) is 12.3 Å². The number of amides is 1. The summed E-state index contributed by atoms with van der Waals surface area (Å²) >= 11 is 1.90. The fourth-order valence-electron chi connectivity index (χ4n) is 3.12. The summed E-state index contributed by atoms with van der Waals surface area (Å²) in [5.41, 5.74) is 0.776. The number of fused-ring (bicyclic) bond motifs is 1. The Labute approximate surface area is 142 Å². The molecule has 4 nitrogen and oxygen atoms in total. The molecule has 1 saturated carbocycles. The highest BCUT2D eigenvalue weighted by Gasteiger charge is 2.40. The van der Waals surface area contributed by atoms with Crippen molar-refractivity contribution < 1.29 is 9.53 Å². The summed E-state index contributed by atoms with van der Waals surface area (Å²) in [5.74, 6) is 1.06. The second-order valence-electron chi connectivity index (χ2n) is 7.54. The molecule has 23 heavy (non-hydrogen) atoms. The van der Waals surface area contributed by atoms with Crippen LogP contribution in [0.4, 0.5) is 4.79 Å². The number of nitrogens with one attached hydrogen (secondary N) is 2. The summed E-state index contributed by atoms with van der Waals surface area (Å²) in [4.78, 5) is 13.5. The number of carbonyl (C=O) groups is 1. The van der Waals surface area contributed by atoms with Gasteiger partial charge in [0.15, 0.2) is 0 Å². The van der Waals surface area contributed by atoms with Crippen molar-refractivity contribution in [1.29, 1.82) is 0 Å². The Hall–Kier alpha value is -1.20. The van der Waals surface area contributed by atoms with Crippen LogP contribution in [-0.4, -0.2) is 29.5 Å². The van der Waals surface area contributed by atoms with E-state index < -0.39 is 5.60 Å². The topological polar surface area (TPSA) is 50.4 Å². The summed E-state index contributed by atoms with van der Waals surface area (Å²) in [7, 11) is 0. The molecule has 1 atom stereocenters. The van der Waals surface area contributed by atoms with E-state index in [9.17, 15) is 4.79 Å². The monoisotopic (exact) mass is 334 g/mol. The van der Waals surface area contributed by atoms with Gasteiger partial charge in [-0.25, -0.2) is 4.79 Å². The van der Waals surface area contributed by atoms with Gasteiger partial charge in [-0.3, -0.25) is 0 Å². The molecule has 1 fully saturated rings. The van der Waals surface area contributed by atoms with Crippen molar-refractivity contribution in [3.05, 3.63) is 29.8 Å². The largest absolute Gasteiger partial charge is 0.444 e. The fourth-order valence-corrected chi connectivity index (χ4v) is 4.32. The maximum Gasteiger partial charge on any atom is 0.408 e. The molecule has 0 radical (unpaired) electrons. The minimum atomic E-state index is -0.455. The van der Waals surface area contributed by atoms with Gasteiger partial charge >= 0.3 is 6.09 Å². The molecule has 0 spiro atoms. The molecule has 3 rings (SSSR count). The zero-order valence-electron chi connectivity index (χ0n) is 14.1. The Morgan fingerprint density at radius 3 is 2.74 bits per heavy atom. The molecule has 2 N–H and O–H groups in total. The average Bonchev–Trinajstić information content (AvgIpc) is 2.83. The number of hydrogen-bond acceptors (Lipinski definition) is 4. The molecular weight excluding hydrogens is 308 g/mol. The van der Waals surface area contributed by atoms with E-state index in [0.29, 0.717) is 6.04 Å². The predicted molar refractivity (Wildman–Crippen MR) is 93.9 cm³/mol. The smallest absolute Gasteiger partial charge is 0.408 e. The van der Waals surface area contributed by atoms with Crippen molar-refractivity contribution in [3.8, 4) is 0 Å². The first-order valence-corrected chi connectivity index (χ1v) is 9.32. The van der Waals surface area contributed by atoms with Crippen LogP contribution >= 0.6 is 11.8 Å². The predicted octanol–water partition coefficient (Wildman–Crippen LogP) is 3.87. The van der Waals surface area contributed by atoms with E-state index in [-0.39, 0.29) is 11.6 Å². The summed E-state index contributed by atoms with van der Waals surface area (Å²) in [5, 5.41) is 6.76. The Bertz CT molecular complexity index is 579. The van der Waals surface area contributed by atoms with Crippen LogP contribution < -0.4 is 10.6 Å². The van der Waals surface area contributed by atoms with E-state index >= 15 is 0 Å². The quantitative estimate of drug-likeness (QED) is 0.877. The second kappa shape index (κ2) is 6.36. The molecule has 1 unspecified atom stereocenters. The lowest BCUT2D eigenvalue weighted by molar-refractivity contribution is 0.0379. The molecule has 1 aliphatic carbocycles. The van der Waals surface area contributed by atoms with E-state index in [4.69, 9.17) is 4.74 Å². The Morgan fingerprint density at radius 2 is 2.09 bits per heavy atom. The molecule has 126 valence electrons. The zero-order valence-corrected chi connectivity index (χ0v) is 15.0. The van der Waals surface area contributed by atoms with E-state index in [0.717, 1.165) is 31.6 Å². The highest BCUT2D eigenvalue weighted by atomic mass is 32.2. The van der Waals surface area contributed by atoms with Crippen molar-refractivity contribution in [1.82, 2.24) is 10.6 Å². The number of ether oxygens (including phenoxy) is 1. The van der Waals surface area contributed by atoms with Gasteiger partial charge < -0.3 is 15.4 Å². The van der Waals surface area contributed by atoms with Gasteiger partial charge in [0.05, 0.1) is 5.54 Å². The van der Waals surface area contributed by atoms with Crippen LogP contribution in [0.15, 0.2) is 29.2 Å². The molecule has 5 heteroatoms. The van der Waals surface area contributed by atoms with Crippen molar-refractivity contribution in [2.24, 2.45) is 0 Å². The molecular formula is C18H26N2O2S. The number of benzene rings is 1. The maximum atomic E-state index is 12.1. The number of thioether (sulfide) groups is 1. The van der Waals surface area contributed by atoms with Crippen LogP contribution in [0.3, 0.4) is 0 Å². The van der Waals surface area contributed by atoms with Crippen LogP contribution in [0.1, 0.15) is 51.6 Å². The van der Waals surface area contributed by atoms with E-state index in [1.807, 2.05) is 32.5 Å². The second-order valence-corrected chi connectivity index (χ2v) is 8.60. The van der Waals surface area contributed by atoms with Crippen LogP contribution in [-0.2, 0) is 4.74 Å². The lowest BCUT2D eigenvalue weighted by Gasteiger charge is -2.43. The van der Waals surface area contributed by atoms with Gasteiger partial charge in [-0.15, -0.1) is 11.8 Å². The molecule has 1 aliphatic heterocycles. The lowest BCUT2D eigenvalue weighted by Crippen LogP contribution is -2.60. The van der Waals surface area contributed by atoms with Crippen LogP contribution in [0.2, 0.25) is 0 Å². The summed E-state index contributed by atoms with van der Waals surface area (Å²) in [6, 6.07) is 8.93. The fraction of sp³-hybridized carbons (Fsp3) is 0.611. The first-order valence-electron chi connectivity index (χ1n) is 8.33. The first-order chi connectivity index (χ1) is 10.9. The van der Waals surface area contributed by atoms with E-state index in [2.05, 4.69) is 34.9 Å².